The first-order valence-corrected chi connectivity index (χ1v) is 5.62. The monoisotopic (exact) mass is 218 g/mol. The van der Waals surface area contributed by atoms with E-state index in [9.17, 15) is 4.79 Å². The molecule has 1 saturated heterocycles. The Balaban J connectivity index is 2.05. The molecule has 0 amide bonds. The Hall–Kier alpha value is -1.19. The van der Waals surface area contributed by atoms with Crippen molar-refractivity contribution in [2.24, 2.45) is 0 Å². The maximum Gasteiger partial charge on any atom is 0.138 e. The molecule has 0 aromatic heterocycles. The van der Waals surface area contributed by atoms with Crippen molar-refractivity contribution < 1.29 is 14.3 Å². The van der Waals surface area contributed by atoms with Crippen molar-refractivity contribution in [1.82, 2.24) is 0 Å². The zero-order valence-corrected chi connectivity index (χ0v) is 9.07. The Morgan fingerprint density at radius 2 is 2.12 bits per heavy atom. The number of hydrogen-bond acceptors (Lipinski definition) is 3. The van der Waals surface area contributed by atoms with Gasteiger partial charge in [0.1, 0.15) is 11.4 Å². The molecule has 84 valence electrons. The fraction of sp³-hybridized carbons (Fsp3) is 0.462. The van der Waals surface area contributed by atoms with E-state index in [1.54, 1.807) is 0 Å². The lowest BCUT2D eigenvalue weighted by Gasteiger charge is -2.40. The average molecular weight is 218 g/mol. The molecule has 0 bridgehead atoms. The molecular formula is C13H14O3. The van der Waals surface area contributed by atoms with E-state index in [2.05, 4.69) is 6.07 Å². The smallest absolute Gasteiger partial charge is 0.138 e. The minimum atomic E-state index is -0.510. The quantitative estimate of drug-likeness (QED) is 0.666. The van der Waals surface area contributed by atoms with E-state index in [0.717, 1.165) is 11.1 Å². The Morgan fingerprint density at radius 1 is 1.25 bits per heavy atom. The summed E-state index contributed by atoms with van der Waals surface area (Å²) in [5.74, 6) is 0.270. The van der Waals surface area contributed by atoms with Crippen LogP contribution in [0.25, 0.3) is 0 Å². The summed E-state index contributed by atoms with van der Waals surface area (Å²) in [6.07, 6.45) is 0.980. The first kappa shape index (κ1) is 10.00. The molecule has 3 nitrogen and oxygen atoms in total. The third-order valence-corrected chi connectivity index (χ3v) is 3.34. The highest BCUT2D eigenvalue weighted by atomic mass is 16.5. The van der Waals surface area contributed by atoms with Gasteiger partial charge in [-0.3, -0.25) is 4.79 Å². The molecule has 0 radical (unpaired) electrons. The molecule has 0 N–H and O–H groups in total. The first-order valence-electron chi connectivity index (χ1n) is 5.62. The number of carbonyl (C=O) groups excluding carboxylic acids is 1. The Labute approximate surface area is 94.4 Å². The second-order valence-corrected chi connectivity index (χ2v) is 4.46. The van der Waals surface area contributed by atoms with Crippen molar-refractivity contribution in [1.29, 1.82) is 0 Å². The van der Waals surface area contributed by atoms with Crippen LogP contribution < -0.4 is 0 Å². The first-order chi connectivity index (χ1) is 7.80. The van der Waals surface area contributed by atoms with Gasteiger partial charge in [0, 0.05) is 12.8 Å². The van der Waals surface area contributed by atoms with E-state index in [-0.39, 0.29) is 5.78 Å². The lowest BCUT2D eigenvalue weighted by atomic mass is 9.82. The summed E-state index contributed by atoms with van der Waals surface area (Å²) >= 11 is 0. The van der Waals surface area contributed by atoms with Crippen LogP contribution in [0.5, 0.6) is 0 Å². The largest absolute Gasteiger partial charge is 0.373 e. The van der Waals surface area contributed by atoms with Crippen LogP contribution in [-0.2, 0) is 26.5 Å². The Morgan fingerprint density at radius 3 is 3.00 bits per heavy atom. The van der Waals surface area contributed by atoms with Crippen molar-refractivity contribution in [3.8, 4) is 0 Å². The average Bonchev–Trinajstić information content (AvgIpc) is 2.30. The zero-order valence-electron chi connectivity index (χ0n) is 9.07. The molecule has 1 unspecified atom stereocenters. The van der Waals surface area contributed by atoms with Gasteiger partial charge in [0.05, 0.1) is 19.8 Å². The summed E-state index contributed by atoms with van der Waals surface area (Å²) in [6, 6.07) is 8.08. The van der Waals surface area contributed by atoms with Gasteiger partial charge in [0.15, 0.2) is 0 Å². The number of ether oxygens (including phenoxy) is 2. The molecule has 2 heterocycles. The van der Waals surface area contributed by atoms with Gasteiger partial charge < -0.3 is 9.47 Å². The number of hydrogen-bond donors (Lipinski definition) is 0. The van der Waals surface area contributed by atoms with E-state index in [0.29, 0.717) is 32.7 Å². The van der Waals surface area contributed by atoms with Crippen LogP contribution in [0.15, 0.2) is 24.3 Å². The third-order valence-electron chi connectivity index (χ3n) is 3.34. The predicted octanol–water partition coefficient (Wildman–Crippen LogP) is 1.79. The minimum absolute atomic E-state index is 0.270. The Kier molecular flexibility index (Phi) is 2.30. The van der Waals surface area contributed by atoms with Crippen LogP contribution in [0.1, 0.15) is 24.0 Å². The molecule has 3 rings (SSSR count). The number of Topliss-reactive ketones (excluding diaryl/α,β-unsaturated/α-hetero) is 1. The van der Waals surface area contributed by atoms with Gasteiger partial charge in [-0.15, -0.1) is 0 Å². The van der Waals surface area contributed by atoms with Crippen LogP contribution in [-0.4, -0.2) is 19.0 Å². The van der Waals surface area contributed by atoms with Gasteiger partial charge >= 0.3 is 0 Å². The number of rotatable bonds is 0. The predicted molar refractivity (Wildman–Crippen MR) is 58.0 cm³/mol. The van der Waals surface area contributed by atoms with Gasteiger partial charge in [-0.05, 0) is 11.1 Å². The molecule has 2 aliphatic rings. The lowest BCUT2D eigenvalue weighted by Crippen LogP contribution is -2.44. The topological polar surface area (TPSA) is 35.5 Å². The maximum absolute atomic E-state index is 11.6. The summed E-state index contributed by atoms with van der Waals surface area (Å²) in [7, 11) is 0. The highest BCUT2D eigenvalue weighted by Gasteiger charge is 2.42. The number of fused-ring (bicyclic) bond motifs is 2. The van der Waals surface area contributed by atoms with Crippen LogP contribution in [0.3, 0.4) is 0 Å². The third kappa shape index (κ3) is 1.47. The van der Waals surface area contributed by atoms with Gasteiger partial charge in [-0.25, -0.2) is 0 Å². The molecule has 3 heteroatoms. The summed E-state index contributed by atoms with van der Waals surface area (Å²) in [6.45, 7) is 1.63. The SMILES string of the molecule is O=C1CCOC2(COCc3ccccc32)C1. The number of benzene rings is 1. The van der Waals surface area contributed by atoms with E-state index < -0.39 is 5.60 Å². The molecule has 1 atom stereocenters. The van der Waals surface area contributed by atoms with Gasteiger partial charge in [0.25, 0.3) is 0 Å². The molecule has 2 aliphatic heterocycles. The van der Waals surface area contributed by atoms with Gasteiger partial charge in [-0.1, -0.05) is 24.3 Å². The second kappa shape index (κ2) is 3.68. The lowest BCUT2D eigenvalue weighted by molar-refractivity contribution is -0.160. The van der Waals surface area contributed by atoms with Crippen LogP contribution in [0.2, 0.25) is 0 Å². The van der Waals surface area contributed by atoms with Crippen LogP contribution in [0.4, 0.5) is 0 Å². The number of ketones is 1. The molecule has 0 aliphatic carbocycles. The second-order valence-electron chi connectivity index (χ2n) is 4.46. The summed E-state index contributed by atoms with van der Waals surface area (Å²) in [5, 5.41) is 0. The molecule has 0 saturated carbocycles. The standard InChI is InChI=1S/C13H14O3/c14-11-5-6-16-13(7-11)9-15-8-10-3-1-2-4-12(10)13/h1-4H,5-9H2. The van der Waals surface area contributed by atoms with Crippen LogP contribution >= 0.6 is 0 Å². The summed E-state index contributed by atoms with van der Waals surface area (Å²) in [5.41, 5.74) is 1.77. The minimum Gasteiger partial charge on any atom is -0.373 e. The maximum atomic E-state index is 11.6. The van der Waals surface area contributed by atoms with Gasteiger partial charge in [0.2, 0.25) is 0 Å². The van der Waals surface area contributed by atoms with Crippen molar-refractivity contribution in [3.63, 3.8) is 0 Å². The normalized spacial score (nSPS) is 29.1. The van der Waals surface area contributed by atoms with Crippen molar-refractivity contribution in [2.75, 3.05) is 13.2 Å². The van der Waals surface area contributed by atoms with Crippen molar-refractivity contribution in [2.45, 2.75) is 25.0 Å². The molecule has 1 spiro atoms. The highest BCUT2D eigenvalue weighted by Crippen LogP contribution is 2.39. The van der Waals surface area contributed by atoms with E-state index >= 15 is 0 Å². The molecule has 16 heavy (non-hydrogen) atoms. The summed E-state index contributed by atoms with van der Waals surface area (Å²) in [4.78, 5) is 11.6. The number of carbonyl (C=O) groups is 1. The fourth-order valence-corrected chi connectivity index (χ4v) is 2.58. The molecular weight excluding hydrogens is 204 g/mol. The van der Waals surface area contributed by atoms with E-state index in [4.69, 9.17) is 9.47 Å². The fourth-order valence-electron chi connectivity index (χ4n) is 2.58. The van der Waals surface area contributed by atoms with Crippen LogP contribution in [0, 0.1) is 0 Å². The van der Waals surface area contributed by atoms with E-state index in [1.165, 1.54) is 0 Å². The highest BCUT2D eigenvalue weighted by molar-refractivity contribution is 5.80. The summed E-state index contributed by atoms with van der Waals surface area (Å²) < 4.78 is 11.4. The molecule has 1 fully saturated rings. The van der Waals surface area contributed by atoms with Gasteiger partial charge in [-0.2, -0.15) is 0 Å². The van der Waals surface area contributed by atoms with Crippen molar-refractivity contribution >= 4 is 5.78 Å². The van der Waals surface area contributed by atoms with E-state index in [1.807, 2.05) is 18.2 Å². The molecule has 1 aromatic rings. The Bertz CT molecular complexity index is 427. The molecule has 1 aromatic carbocycles. The zero-order chi connectivity index (χ0) is 11.0. The van der Waals surface area contributed by atoms with Crippen molar-refractivity contribution in [3.05, 3.63) is 35.4 Å².